The highest BCUT2D eigenvalue weighted by Crippen LogP contribution is 2.41. The standard InChI is InChI=1S/C19H21F4N3O4/c1-3-30-17(19(21,22)23)14-5-4-11(12(10-29-2)7-16(27)28)6-15(14)26-18-24-8-13(20)9-25-18/h4-6,8-9,12,17H,3,7,10H2,1-2H3,(H,27,28)(H,24,25,26). The van der Waals surface area contributed by atoms with E-state index < -0.39 is 30.0 Å². The number of aliphatic carboxylic acids is 1. The van der Waals surface area contributed by atoms with Crippen LogP contribution in [0.2, 0.25) is 0 Å². The number of benzene rings is 1. The maximum Gasteiger partial charge on any atom is 0.418 e. The Morgan fingerprint density at radius 2 is 1.93 bits per heavy atom. The van der Waals surface area contributed by atoms with Crippen molar-refractivity contribution in [2.24, 2.45) is 0 Å². The molecule has 0 radical (unpaired) electrons. The van der Waals surface area contributed by atoms with Gasteiger partial charge in [-0.25, -0.2) is 14.4 Å². The van der Waals surface area contributed by atoms with Gasteiger partial charge in [-0.1, -0.05) is 12.1 Å². The molecule has 1 heterocycles. The molecule has 7 nitrogen and oxygen atoms in total. The Labute approximate surface area is 170 Å². The first kappa shape index (κ1) is 23.5. The van der Waals surface area contributed by atoms with Crippen LogP contribution in [-0.2, 0) is 14.3 Å². The topological polar surface area (TPSA) is 93.6 Å². The second-order valence-electron chi connectivity index (χ2n) is 6.32. The molecule has 2 aromatic rings. The average molecular weight is 431 g/mol. The molecule has 1 aromatic heterocycles. The van der Waals surface area contributed by atoms with Crippen LogP contribution in [0.5, 0.6) is 0 Å². The number of rotatable bonds is 10. The van der Waals surface area contributed by atoms with Gasteiger partial charge in [-0.3, -0.25) is 4.79 Å². The van der Waals surface area contributed by atoms with Crippen molar-refractivity contribution < 1.29 is 36.9 Å². The molecule has 0 aliphatic rings. The number of carboxylic acids is 1. The predicted molar refractivity (Wildman–Crippen MR) is 99.0 cm³/mol. The van der Waals surface area contributed by atoms with Crippen LogP contribution in [0.4, 0.5) is 29.2 Å². The van der Waals surface area contributed by atoms with E-state index in [9.17, 15) is 22.4 Å². The summed E-state index contributed by atoms with van der Waals surface area (Å²) in [5, 5.41) is 11.8. The summed E-state index contributed by atoms with van der Waals surface area (Å²) in [6.45, 7) is 1.29. The molecule has 0 fully saturated rings. The number of nitrogens with zero attached hydrogens (tertiary/aromatic N) is 2. The lowest BCUT2D eigenvalue weighted by Crippen LogP contribution is -2.25. The van der Waals surface area contributed by atoms with Gasteiger partial charge < -0.3 is 19.9 Å². The van der Waals surface area contributed by atoms with Gasteiger partial charge in [-0.05, 0) is 18.6 Å². The third-order valence-corrected chi connectivity index (χ3v) is 4.12. The number of carbonyl (C=O) groups is 1. The fraction of sp³-hybridized carbons (Fsp3) is 0.421. The molecule has 0 aliphatic carbocycles. The normalized spacial score (nSPS) is 13.7. The molecule has 2 rings (SSSR count). The first-order valence-electron chi connectivity index (χ1n) is 8.93. The van der Waals surface area contributed by atoms with E-state index in [2.05, 4.69) is 15.3 Å². The summed E-state index contributed by atoms with van der Waals surface area (Å²) in [5.74, 6) is -2.53. The zero-order chi connectivity index (χ0) is 22.3. The van der Waals surface area contributed by atoms with Crippen LogP contribution in [0.25, 0.3) is 0 Å². The molecule has 1 aromatic carbocycles. The first-order valence-corrected chi connectivity index (χ1v) is 8.93. The summed E-state index contributed by atoms with van der Waals surface area (Å²) in [4.78, 5) is 18.6. The molecule has 0 saturated heterocycles. The molecule has 30 heavy (non-hydrogen) atoms. The second kappa shape index (κ2) is 10.3. The van der Waals surface area contributed by atoms with E-state index in [0.29, 0.717) is 5.56 Å². The van der Waals surface area contributed by atoms with Crippen molar-refractivity contribution in [2.45, 2.75) is 31.5 Å². The van der Waals surface area contributed by atoms with Crippen molar-refractivity contribution in [3.05, 3.63) is 47.5 Å². The van der Waals surface area contributed by atoms with Gasteiger partial charge in [-0.2, -0.15) is 13.2 Å². The number of aromatic nitrogens is 2. The number of halogens is 4. The predicted octanol–water partition coefficient (Wildman–Crippen LogP) is 4.20. The fourth-order valence-corrected chi connectivity index (χ4v) is 2.87. The average Bonchev–Trinajstić information content (AvgIpc) is 2.67. The maximum atomic E-state index is 13.6. The Hall–Kier alpha value is -2.79. The lowest BCUT2D eigenvalue weighted by molar-refractivity contribution is -0.222. The molecule has 0 aliphatic heterocycles. The van der Waals surface area contributed by atoms with Gasteiger partial charge in [0.15, 0.2) is 11.9 Å². The molecular formula is C19H21F4N3O4. The largest absolute Gasteiger partial charge is 0.481 e. The quantitative estimate of drug-likeness (QED) is 0.545. The maximum absolute atomic E-state index is 13.6. The SMILES string of the molecule is CCOC(c1ccc(C(COC)CC(=O)O)cc1Nc1ncc(F)cn1)C(F)(F)F. The molecule has 0 amide bonds. The molecule has 0 bridgehead atoms. The number of hydrogen-bond donors (Lipinski definition) is 2. The minimum absolute atomic E-state index is 0.0404. The number of alkyl halides is 3. The molecule has 2 unspecified atom stereocenters. The van der Waals surface area contributed by atoms with Gasteiger partial charge in [0, 0.05) is 30.9 Å². The van der Waals surface area contributed by atoms with Crippen LogP contribution in [0, 0.1) is 5.82 Å². The van der Waals surface area contributed by atoms with E-state index in [1.54, 1.807) is 0 Å². The molecule has 2 N–H and O–H groups in total. The summed E-state index contributed by atoms with van der Waals surface area (Å²) in [6, 6.07) is 3.97. The van der Waals surface area contributed by atoms with Crippen molar-refractivity contribution in [3.8, 4) is 0 Å². The van der Waals surface area contributed by atoms with Gasteiger partial charge in [0.1, 0.15) is 0 Å². The molecule has 11 heteroatoms. The van der Waals surface area contributed by atoms with E-state index in [0.717, 1.165) is 12.4 Å². The van der Waals surface area contributed by atoms with Gasteiger partial charge in [0.2, 0.25) is 5.95 Å². The Balaban J connectivity index is 2.54. The third-order valence-electron chi connectivity index (χ3n) is 4.12. The Morgan fingerprint density at radius 1 is 1.27 bits per heavy atom. The summed E-state index contributed by atoms with van der Waals surface area (Å²) in [7, 11) is 1.39. The highest BCUT2D eigenvalue weighted by atomic mass is 19.4. The lowest BCUT2D eigenvalue weighted by Gasteiger charge is -2.25. The number of anilines is 2. The van der Waals surface area contributed by atoms with E-state index in [-0.39, 0.29) is 36.8 Å². The van der Waals surface area contributed by atoms with Crippen LogP contribution >= 0.6 is 0 Å². The molecule has 164 valence electrons. The minimum Gasteiger partial charge on any atom is -0.481 e. The fourth-order valence-electron chi connectivity index (χ4n) is 2.87. The van der Waals surface area contributed by atoms with Crippen LogP contribution in [0.15, 0.2) is 30.6 Å². The van der Waals surface area contributed by atoms with Gasteiger partial charge in [-0.15, -0.1) is 0 Å². The third kappa shape index (κ3) is 6.36. The smallest absolute Gasteiger partial charge is 0.418 e. The summed E-state index contributed by atoms with van der Waals surface area (Å²) >= 11 is 0. The molecule has 2 atom stereocenters. The van der Waals surface area contributed by atoms with E-state index >= 15 is 0 Å². The summed E-state index contributed by atoms with van der Waals surface area (Å²) in [5.41, 5.74) is 0.152. The van der Waals surface area contributed by atoms with Gasteiger partial charge in [0.25, 0.3) is 0 Å². The van der Waals surface area contributed by atoms with E-state index in [4.69, 9.17) is 14.6 Å². The first-order chi connectivity index (χ1) is 14.2. The summed E-state index contributed by atoms with van der Waals surface area (Å²) < 4.78 is 63.8. The zero-order valence-corrected chi connectivity index (χ0v) is 16.2. The zero-order valence-electron chi connectivity index (χ0n) is 16.2. The highest BCUT2D eigenvalue weighted by molar-refractivity contribution is 5.69. The Morgan fingerprint density at radius 3 is 2.47 bits per heavy atom. The van der Waals surface area contributed by atoms with Crippen molar-refractivity contribution in [1.29, 1.82) is 0 Å². The van der Waals surface area contributed by atoms with Crippen LogP contribution in [-0.4, -0.2) is 47.5 Å². The van der Waals surface area contributed by atoms with E-state index in [1.165, 1.54) is 32.2 Å². The van der Waals surface area contributed by atoms with E-state index in [1.807, 2.05) is 0 Å². The number of methoxy groups -OCH3 is 1. The minimum atomic E-state index is -4.70. The number of ether oxygens (including phenoxy) is 2. The number of hydrogen-bond acceptors (Lipinski definition) is 6. The van der Waals surface area contributed by atoms with Crippen molar-refractivity contribution >= 4 is 17.6 Å². The molecule has 0 saturated carbocycles. The van der Waals surface area contributed by atoms with Gasteiger partial charge in [0.05, 0.1) is 25.4 Å². The second-order valence-corrected chi connectivity index (χ2v) is 6.32. The van der Waals surface area contributed by atoms with Crippen molar-refractivity contribution in [1.82, 2.24) is 9.97 Å². The highest BCUT2D eigenvalue weighted by Gasteiger charge is 2.43. The molecule has 0 spiro atoms. The summed E-state index contributed by atoms with van der Waals surface area (Å²) in [6.07, 6.45) is -5.50. The lowest BCUT2D eigenvalue weighted by atomic mass is 9.93. The number of nitrogens with one attached hydrogen (secondary N) is 1. The number of carboxylic acid groups (broad SMARTS) is 1. The Kier molecular flexibility index (Phi) is 8.07. The van der Waals surface area contributed by atoms with Crippen LogP contribution in [0.3, 0.4) is 0 Å². The Bertz CT molecular complexity index is 847. The van der Waals surface area contributed by atoms with Crippen molar-refractivity contribution in [3.63, 3.8) is 0 Å². The monoisotopic (exact) mass is 431 g/mol. The van der Waals surface area contributed by atoms with Crippen LogP contribution in [0.1, 0.15) is 36.5 Å². The van der Waals surface area contributed by atoms with Crippen LogP contribution < -0.4 is 5.32 Å². The van der Waals surface area contributed by atoms with Gasteiger partial charge >= 0.3 is 12.1 Å². The molecular weight excluding hydrogens is 410 g/mol. The van der Waals surface area contributed by atoms with Crippen molar-refractivity contribution in [2.75, 3.05) is 25.6 Å².